The predicted octanol–water partition coefficient (Wildman–Crippen LogP) is 4.58. The molecule has 1 radical (unpaired) electrons. The molecule has 0 aliphatic carbocycles. The summed E-state index contributed by atoms with van der Waals surface area (Å²) in [4.78, 5) is 0. The molecular weight excluding hydrogens is 339 g/mol. The van der Waals surface area contributed by atoms with Crippen molar-refractivity contribution in [2.45, 2.75) is 13.8 Å². The summed E-state index contributed by atoms with van der Waals surface area (Å²) in [7, 11) is 3.94. The molecule has 27 heavy (non-hydrogen) atoms. The van der Waals surface area contributed by atoms with Gasteiger partial charge in [-0.1, -0.05) is 48.5 Å². The Labute approximate surface area is 161 Å². The van der Waals surface area contributed by atoms with Crippen LogP contribution in [0, 0.1) is 13.8 Å². The van der Waals surface area contributed by atoms with Gasteiger partial charge in [0.2, 0.25) is 0 Å². The molecule has 0 bridgehead atoms. The van der Waals surface area contributed by atoms with E-state index in [1.54, 1.807) is 26.4 Å². The normalized spacial score (nSPS) is 9.67. The molecule has 0 spiro atoms. The van der Waals surface area contributed by atoms with Crippen LogP contribution in [0.1, 0.15) is 11.1 Å². The Hall–Kier alpha value is -2.92. The van der Waals surface area contributed by atoms with E-state index >= 15 is 0 Å². The topological polar surface area (TPSA) is 47.9 Å². The van der Waals surface area contributed by atoms with Gasteiger partial charge in [0.05, 0.1) is 14.2 Å². The van der Waals surface area contributed by atoms with E-state index in [2.05, 4.69) is 30.3 Å². The fourth-order valence-corrected chi connectivity index (χ4v) is 2.56. The highest BCUT2D eigenvalue weighted by Crippen LogP contribution is 2.26. The molecule has 0 saturated carbocycles. The first-order valence-electron chi connectivity index (χ1n) is 8.56. The lowest BCUT2D eigenvalue weighted by Crippen LogP contribution is -2.00. The SMILES string of the molecule is COc1cc(-c2ccccc2)ccc1C.COc1cc(O[B]O)ccc1C. The van der Waals surface area contributed by atoms with Gasteiger partial charge in [0.15, 0.2) is 0 Å². The quantitative estimate of drug-likeness (QED) is 0.674. The molecule has 139 valence electrons. The fraction of sp³-hybridized carbons (Fsp3) is 0.182. The van der Waals surface area contributed by atoms with Crippen LogP contribution >= 0.6 is 0 Å². The van der Waals surface area contributed by atoms with Crippen LogP contribution in [0.25, 0.3) is 11.1 Å². The molecule has 0 aliphatic heterocycles. The summed E-state index contributed by atoms with van der Waals surface area (Å²) < 4.78 is 15.1. The standard InChI is InChI=1S/C14H14O.C8H10BO3/c1-11-8-9-13(10-14(11)15-2)12-6-4-3-5-7-12;1-6-3-4-7(12-9-10)5-8(6)11-2/h3-10H,1-2H3;3-5,10H,1-2H3. The summed E-state index contributed by atoms with van der Waals surface area (Å²) in [6, 6.07) is 21.9. The molecule has 3 rings (SSSR count). The summed E-state index contributed by atoms with van der Waals surface area (Å²) in [5.74, 6) is 2.24. The number of hydrogen-bond donors (Lipinski definition) is 1. The van der Waals surface area contributed by atoms with Gasteiger partial charge in [-0.15, -0.1) is 0 Å². The van der Waals surface area contributed by atoms with Crippen molar-refractivity contribution in [3.8, 4) is 28.4 Å². The lowest BCUT2D eigenvalue weighted by molar-refractivity contribution is 0.406. The van der Waals surface area contributed by atoms with Gasteiger partial charge in [0, 0.05) is 6.07 Å². The Morgan fingerprint density at radius 3 is 1.89 bits per heavy atom. The van der Waals surface area contributed by atoms with Crippen molar-refractivity contribution in [1.82, 2.24) is 0 Å². The Bertz CT molecular complexity index is 850. The van der Waals surface area contributed by atoms with E-state index in [0.29, 0.717) is 13.4 Å². The van der Waals surface area contributed by atoms with Crippen molar-refractivity contribution in [3.63, 3.8) is 0 Å². The van der Waals surface area contributed by atoms with Gasteiger partial charge in [-0.05, 0) is 48.2 Å². The fourth-order valence-electron chi connectivity index (χ4n) is 2.56. The van der Waals surface area contributed by atoms with E-state index in [1.807, 2.05) is 38.1 Å². The molecule has 4 nitrogen and oxygen atoms in total. The molecule has 0 aliphatic rings. The average Bonchev–Trinajstić information content (AvgIpc) is 2.71. The predicted molar refractivity (Wildman–Crippen MR) is 109 cm³/mol. The third-order valence-electron chi connectivity index (χ3n) is 4.08. The van der Waals surface area contributed by atoms with Crippen LogP contribution in [-0.2, 0) is 0 Å². The first kappa shape index (κ1) is 20.4. The molecule has 3 aromatic rings. The van der Waals surface area contributed by atoms with Crippen LogP contribution in [0.5, 0.6) is 17.2 Å². The van der Waals surface area contributed by atoms with Gasteiger partial charge in [-0.25, -0.2) is 0 Å². The maximum absolute atomic E-state index is 8.36. The van der Waals surface area contributed by atoms with E-state index in [0.717, 1.165) is 22.6 Å². The summed E-state index contributed by atoms with van der Waals surface area (Å²) in [6.45, 7) is 3.98. The second-order valence-electron chi connectivity index (χ2n) is 5.91. The van der Waals surface area contributed by atoms with E-state index < -0.39 is 0 Å². The van der Waals surface area contributed by atoms with Crippen LogP contribution in [0.15, 0.2) is 66.7 Å². The Morgan fingerprint density at radius 1 is 0.704 bits per heavy atom. The molecule has 0 heterocycles. The van der Waals surface area contributed by atoms with Crippen molar-refractivity contribution in [3.05, 3.63) is 77.9 Å². The number of hydrogen-bond acceptors (Lipinski definition) is 4. The monoisotopic (exact) mass is 363 g/mol. The van der Waals surface area contributed by atoms with Gasteiger partial charge < -0.3 is 19.2 Å². The van der Waals surface area contributed by atoms with Gasteiger partial charge >= 0.3 is 7.69 Å². The maximum atomic E-state index is 8.36. The van der Waals surface area contributed by atoms with E-state index in [-0.39, 0.29) is 0 Å². The van der Waals surface area contributed by atoms with Crippen molar-refractivity contribution in [2.75, 3.05) is 14.2 Å². The van der Waals surface area contributed by atoms with Crippen LogP contribution in [0.3, 0.4) is 0 Å². The van der Waals surface area contributed by atoms with Crippen LogP contribution < -0.4 is 14.1 Å². The second-order valence-corrected chi connectivity index (χ2v) is 5.91. The third kappa shape index (κ3) is 5.79. The highest BCUT2D eigenvalue weighted by Gasteiger charge is 2.02. The molecular formula is C22H24BO4. The van der Waals surface area contributed by atoms with E-state index in [1.165, 1.54) is 11.1 Å². The molecule has 1 N–H and O–H groups in total. The zero-order chi connectivity index (χ0) is 19.6. The Morgan fingerprint density at radius 2 is 1.30 bits per heavy atom. The minimum Gasteiger partial charge on any atom is -0.537 e. The zero-order valence-electron chi connectivity index (χ0n) is 16.1. The smallest absolute Gasteiger partial charge is 0.537 e. The van der Waals surface area contributed by atoms with Crippen LogP contribution in [0.4, 0.5) is 0 Å². The van der Waals surface area contributed by atoms with Gasteiger partial charge in [0.1, 0.15) is 17.2 Å². The molecule has 0 fully saturated rings. The average molecular weight is 363 g/mol. The maximum Gasteiger partial charge on any atom is 0.569 e. The number of aryl methyl sites for hydroxylation is 2. The summed E-state index contributed by atoms with van der Waals surface area (Å²) >= 11 is 0. The molecule has 5 heteroatoms. The molecule has 0 amide bonds. The lowest BCUT2D eigenvalue weighted by Gasteiger charge is -2.07. The summed E-state index contributed by atoms with van der Waals surface area (Å²) in [5, 5.41) is 8.36. The number of ether oxygens (including phenoxy) is 2. The minimum atomic E-state index is 0.556. The summed E-state index contributed by atoms with van der Waals surface area (Å²) in [6.07, 6.45) is 0. The van der Waals surface area contributed by atoms with E-state index in [9.17, 15) is 0 Å². The van der Waals surface area contributed by atoms with E-state index in [4.69, 9.17) is 19.2 Å². The Kier molecular flexibility index (Phi) is 7.77. The minimum absolute atomic E-state index is 0.556. The lowest BCUT2D eigenvalue weighted by atomic mass is 10.0. The van der Waals surface area contributed by atoms with Gasteiger partial charge in [-0.3, -0.25) is 0 Å². The highest BCUT2D eigenvalue weighted by atomic mass is 16.5. The number of methoxy groups -OCH3 is 2. The number of rotatable bonds is 5. The van der Waals surface area contributed by atoms with Crippen LogP contribution in [-0.4, -0.2) is 26.9 Å². The molecule has 0 saturated heterocycles. The van der Waals surface area contributed by atoms with Crippen molar-refractivity contribution in [1.29, 1.82) is 0 Å². The first-order valence-corrected chi connectivity index (χ1v) is 8.56. The zero-order valence-corrected chi connectivity index (χ0v) is 16.1. The van der Waals surface area contributed by atoms with Crippen molar-refractivity contribution in [2.24, 2.45) is 0 Å². The highest BCUT2D eigenvalue weighted by molar-refractivity contribution is 6.17. The summed E-state index contributed by atoms with van der Waals surface area (Å²) in [5.41, 5.74) is 4.61. The first-order chi connectivity index (χ1) is 13.1. The van der Waals surface area contributed by atoms with Crippen LogP contribution in [0.2, 0.25) is 0 Å². The largest absolute Gasteiger partial charge is 0.569 e. The van der Waals surface area contributed by atoms with Gasteiger partial charge in [-0.2, -0.15) is 0 Å². The second kappa shape index (κ2) is 10.3. The molecule has 0 unspecified atom stereocenters. The van der Waals surface area contributed by atoms with Crippen molar-refractivity contribution >= 4 is 7.69 Å². The molecule has 3 aromatic carbocycles. The third-order valence-corrected chi connectivity index (χ3v) is 4.08. The molecule has 0 aromatic heterocycles. The molecule has 0 atom stereocenters. The Balaban J connectivity index is 0.000000199. The van der Waals surface area contributed by atoms with Crippen molar-refractivity contribution < 1.29 is 19.2 Å². The van der Waals surface area contributed by atoms with Gasteiger partial charge in [0.25, 0.3) is 0 Å². The number of benzene rings is 3.